The average molecular weight is 629 g/mol. The van der Waals surface area contributed by atoms with E-state index in [0.29, 0.717) is 31.4 Å². The number of nitrogens with one attached hydrogen (secondary N) is 1. The molecule has 1 spiro atoms. The van der Waals surface area contributed by atoms with Crippen LogP contribution in [0, 0.1) is 11.3 Å². The summed E-state index contributed by atoms with van der Waals surface area (Å²) in [5, 5.41) is 3.02. The predicted molar refractivity (Wildman–Crippen MR) is 169 cm³/mol. The number of rotatable bonds is 12. The largest absolute Gasteiger partial charge is 0.465 e. The van der Waals surface area contributed by atoms with Crippen molar-refractivity contribution in [3.05, 3.63) is 47.8 Å². The van der Waals surface area contributed by atoms with Crippen LogP contribution in [0.4, 0.5) is 10.6 Å². The third kappa shape index (κ3) is 8.49. The van der Waals surface area contributed by atoms with Gasteiger partial charge in [-0.05, 0) is 63.5 Å². The molecule has 1 aliphatic carbocycles. The van der Waals surface area contributed by atoms with E-state index in [1.807, 2.05) is 32.9 Å². The zero-order valence-corrected chi connectivity index (χ0v) is 27.6. The molecular weight excluding hydrogens is 580 g/mol. The number of anilines is 1. The van der Waals surface area contributed by atoms with Crippen molar-refractivity contribution in [2.45, 2.75) is 103 Å². The maximum atomic E-state index is 12.9. The second-order valence-electron chi connectivity index (χ2n) is 13.2. The molecule has 1 N–H and O–H groups in total. The van der Waals surface area contributed by atoms with Gasteiger partial charge in [0, 0.05) is 18.5 Å². The molecule has 2 aliphatic rings. The van der Waals surface area contributed by atoms with E-state index in [0.717, 1.165) is 50.5 Å². The highest BCUT2D eigenvalue weighted by atomic mass is 32.2. The lowest BCUT2D eigenvalue weighted by molar-refractivity contribution is -0.144. The molecule has 1 saturated heterocycles. The van der Waals surface area contributed by atoms with Gasteiger partial charge in [-0.25, -0.2) is 23.2 Å². The summed E-state index contributed by atoms with van der Waals surface area (Å²) < 4.78 is 36.7. The number of esters is 1. The number of unbranched alkanes of at least 4 members (excludes halogenated alkanes) is 1. The lowest BCUT2D eigenvalue weighted by atomic mass is 9.72. The summed E-state index contributed by atoms with van der Waals surface area (Å²) in [6.45, 7) is 11.4. The molecular formula is C33H48N4O6S. The fourth-order valence-corrected chi connectivity index (χ4v) is 7.30. The summed E-state index contributed by atoms with van der Waals surface area (Å²) in [4.78, 5) is 35.8. The van der Waals surface area contributed by atoms with Crippen LogP contribution in [0.1, 0.15) is 96.7 Å². The minimum atomic E-state index is -3.79. The standard InChI is InChI=1S/C33H48N4O6S/c1-6-8-11-24(7-2)23-42-29(38)14-19-44(40,41)28-22-34-27(21-35-28)37-17-15-33(16-18-37)20-25-12-9-10-13-26(25)30(33)36-31(39)43-32(3,4)5/h9-10,12-13,21-22,24,30H,6-8,11,14-20,23H2,1-5H3,(H,36,39)/t24?,30-/m1/s1. The van der Waals surface area contributed by atoms with E-state index in [9.17, 15) is 18.0 Å². The number of piperidine rings is 1. The monoisotopic (exact) mass is 628 g/mol. The maximum absolute atomic E-state index is 12.9. The zero-order valence-electron chi connectivity index (χ0n) is 26.8. The number of ether oxygens (including phenoxy) is 2. The Morgan fingerprint density at radius 3 is 2.48 bits per heavy atom. The van der Waals surface area contributed by atoms with Gasteiger partial charge in [0.25, 0.3) is 0 Å². The fraction of sp³-hybridized carbons (Fsp3) is 0.636. The van der Waals surface area contributed by atoms with Crippen LogP contribution in [-0.4, -0.2) is 61.5 Å². The average Bonchev–Trinajstić information content (AvgIpc) is 3.27. The smallest absolute Gasteiger partial charge is 0.408 e. The summed E-state index contributed by atoms with van der Waals surface area (Å²) in [5.41, 5.74) is 1.62. The molecule has 44 heavy (non-hydrogen) atoms. The van der Waals surface area contributed by atoms with Crippen LogP contribution in [0.15, 0.2) is 41.7 Å². The Labute approximate surface area is 262 Å². The number of sulfone groups is 1. The number of hydrogen-bond donors (Lipinski definition) is 1. The first-order chi connectivity index (χ1) is 20.9. The van der Waals surface area contributed by atoms with Gasteiger partial charge in [-0.15, -0.1) is 0 Å². The molecule has 242 valence electrons. The Morgan fingerprint density at radius 2 is 1.84 bits per heavy atom. The van der Waals surface area contributed by atoms with Crippen molar-refractivity contribution < 1.29 is 27.5 Å². The first kappa shape index (κ1) is 33.7. The number of carbonyl (C=O) groups excluding carboxylic acids is 2. The molecule has 2 aromatic rings. The summed E-state index contributed by atoms with van der Waals surface area (Å²) in [7, 11) is -3.79. The number of amides is 1. The number of aromatic nitrogens is 2. The van der Waals surface area contributed by atoms with Gasteiger partial charge < -0.3 is 19.7 Å². The molecule has 11 heteroatoms. The highest BCUT2D eigenvalue weighted by Gasteiger charge is 2.48. The second-order valence-corrected chi connectivity index (χ2v) is 15.2. The number of nitrogens with zero attached hydrogens (tertiary/aromatic N) is 3. The highest BCUT2D eigenvalue weighted by molar-refractivity contribution is 7.91. The van der Waals surface area contributed by atoms with Crippen molar-refractivity contribution in [2.75, 3.05) is 30.3 Å². The lowest BCUT2D eigenvalue weighted by Crippen LogP contribution is -2.48. The lowest BCUT2D eigenvalue weighted by Gasteiger charge is -2.43. The molecule has 1 amide bonds. The Kier molecular flexibility index (Phi) is 10.9. The SMILES string of the molecule is CCCCC(CC)COC(=O)CCS(=O)(=O)c1cnc(N2CCC3(CC2)Cc2ccccc2[C@H]3NC(=O)OC(C)(C)C)cn1. The molecule has 1 aromatic heterocycles. The molecule has 1 aliphatic heterocycles. The van der Waals surface area contributed by atoms with Crippen molar-refractivity contribution in [2.24, 2.45) is 11.3 Å². The molecule has 0 bridgehead atoms. The Hall–Kier alpha value is -3.21. The Balaban J connectivity index is 1.34. The van der Waals surface area contributed by atoms with Crippen molar-refractivity contribution in [1.82, 2.24) is 15.3 Å². The van der Waals surface area contributed by atoms with Crippen LogP contribution < -0.4 is 10.2 Å². The third-order valence-corrected chi connectivity index (χ3v) is 10.4. The minimum Gasteiger partial charge on any atom is -0.465 e. The highest BCUT2D eigenvalue weighted by Crippen LogP contribution is 2.52. The van der Waals surface area contributed by atoms with Gasteiger partial charge in [0.15, 0.2) is 14.9 Å². The molecule has 2 atom stereocenters. The summed E-state index contributed by atoms with van der Waals surface area (Å²) >= 11 is 0. The molecule has 1 fully saturated rings. The Bertz CT molecular complexity index is 1380. The van der Waals surface area contributed by atoms with Crippen molar-refractivity contribution in [3.63, 3.8) is 0 Å². The van der Waals surface area contributed by atoms with Gasteiger partial charge in [-0.1, -0.05) is 57.4 Å². The summed E-state index contributed by atoms with van der Waals surface area (Å²) in [6, 6.07) is 8.08. The van der Waals surface area contributed by atoms with Crippen LogP contribution in [0.5, 0.6) is 0 Å². The first-order valence-corrected chi connectivity index (χ1v) is 17.5. The van der Waals surface area contributed by atoms with E-state index < -0.39 is 27.5 Å². The van der Waals surface area contributed by atoms with Crippen molar-refractivity contribution in [1.29, 1.82) is 0 Å². The fourth-order valence-electron chi connectivity index (χ4n) is 6.23. The van der Waals surface area contributed by atoms with E-state index >= 15 is 0 Å². The van der Waals surface area contributed by atoms with Gasteiger partial charge in [0.1, 0.15) is 11.4 Å². The number of benzene rings is 1. The summed E-state index contributed by atoms with van der Waals surface area (Å²) in [5.74, 6) is 0.0198. The van der Waals surface area contributed by atoms with Crippen molar-refractivity contribution in [3.8, 4) is 0 Å². The van der Waals surface area contributed by atoms with E-state index in [1.54, 1.807) is 0 Å². The number of carbonyl (C=O) groups is 2. The molecule has 4 rings (SSSR count). The van der Waals surface area contributed by atoms with E-state index in [1.165, 1.54) is 18.0 Å². The van der Waals surface area contributed by atoms with Gasteiger partial charge in [-0.3, -0.25) is 4.79 Å². The van der Waals surface area contributed by atoms with Gasteiger partial charge in [0.05, 0.1) is 37.2 Å². The van der Waals surface area contributed by atoms with Gasteiger partial charge in [0.2, 0.25) is 0 Å². The van der Waals surface area contributed by atoms with E-state index in [2.05, 4.69) is 46.2 Å². The van der Waals surface area contributed by atoms with Crippen molar-refractivity contribution >= 4 is 27.7 Å². The third-order valence-electron chi connectivity index (χ3n) is 8.80. The van der Waals surface area contributed by atoms with Crippen LogP contribution in [0.25, 0.3) is 0 Å². The van der Waals surface area contributed by atoms with Gasteiger partial charge in [-0.2, -0.15) is 0 Å². The topological polar surface area (TPSA) is 128 Å². The molecule has 10 nitrogen and oxygen atoms in total. The van der Waals surface area contributed by atoms with Gasteiger partial charge >= 0.3 is 12.1 Å². The van der Waals surface area contributed by atoms with Crippen LogP contribution in [0.3, 0.4) is 0 Å². The van der Waals surface area contributed by atoms with E-state index in [4.69, 9.17) is 9.47 Å². The summed E-state index contributed by atoms with van der Waals surface area (Å²) in [6.07, 6.45) is 8.69. The number of alkyl carbamates (subject to hydrolysis) is 1. The first-order valence-electron chi connectivity index (χ1n) is 15.9. The predicted octanol–water partition coefficient (Wildman–Crippen LogP) is 5.81. The van der Waals surface area contributed by atoms with Crippen LogP contribution >= 0.6 is 0 Å². The zero-order chi connectivity index (χ0) is 32.0. The van der Waals surface area contributed by atoms with Crippen LogP contribution in [-0.2, 0) is 30.5 Å². The number of hydrogen-bond acceptors (Lipinski definition) is 9. The number of fused-ring (bicyclic) bond motifs is 1. The minimum absolute atomic E-state index is 0.148. The molecule has 0 saturated carbocycles. The quantitative estimate of drug-likeness (QED) is 0.290. The van der Waals surface area contributed by atoms with E-state index in [-0.39, 0.29) is 28.7 Å². The molecule has 0 radical (unpaired) electrons. The Morgan fingerprint density at radius 1 is 1.11 bits per heavy atom. The molecule has 1 aromatic carbocycles. The second kappa shape index (κ2) is 14.3. The van der Waals surface area contributed by atoms with Crippen LogP contribution in [0.2, 0.25) is 0 Å². The molecule has 1 unspecified atom stereocenters. The normalized spacial score (nSPS) is 18.5. The maximum Gasteiger partial charge on any atom is 0.408 e. The molecule has 2 heterocycles.